The third-order valence-electron chi connectivity index (χ3n) is 2.73. The van der Waals surface area contributed by atoms with Gasteiger partial charge in [0.25, 0.3) is 0 Å². The number of methoxy groups -OCH3 is 2. The summed E-state index contributed by atoms with van der Waals surface area (Å²) >= 11 is 6.12. The number of ether oxygens (including phenoxy) is 3. The smallest absolute Gasteiger partial charge is 0.179 e. The molecule has 1 heterocycles. The second-order valence-corrected chi connectivity index (χ2v) is 4.34. The fourth-order valence-corrected chi connectivity index (χ4v) is 2.00. The van der Waals surface area contributed by atoms with Gasteiger partial charge in [-0.05, 0) is 17.7 Å². The van der Waals surface area contributed by atoms with E-state index in [-0.39, 0.29) is 0 Å². The second kappa shape index (κ2) is 5.58. The molecule has 1 fully saturated rings. The Kier molecular flexibility index (Phi) is 4.10. The van der Waals surface area contributed by atoms with Crippen LogP contribution in [0.3, 0.4) is 0 Å². The van der Waals surface area contributed by atoms with E-state index in [0.29, 0.717) is 22.6 Å². The van der Waals surface area contributed by atoms with Crippen molar-refractivity contribution in [1.29, 1.82) is 0 Å². The SMILES string of the molecule is COc1cc(CNC2COC2)cc(Cl)c1OC. The molecular formula is C12H16ClNO3. The fourth-order valence-electron chi connectivity index (χ4n) is 1.69. The molecule has 94 valence electrons. The molecule has 1 saturated heterocycles. The molecule has 1 aliphatic heterocycles. The zero-order valence-corrected chi connectivity index (χ0v) is 10.7. The van der Waals surface area contributed by atoms with Gasteiger partial charge in [-0.3, -0.25) is 0 Å². The Hall–Kier alpha value is -0.970. The van der Waals surface area contributed by atoms with Crippen LogP contribution < -0.4 is 14.8 Å². The van der Waals surface area contributed by atoms with Crippen LogP contribution in [-0.2, 0) is 11.3 Å². The lowest BCUT2D eigenvalue weighted by Crippen LogP contribution is -2.45. The Morgan fingerprint density at radius 3 is 2.65 bits per heavy atom. The standard InChI is InChI=1S/C12H16ClNO3/c1-15-11-4-8(3-10(13)12(11)16-2)5-14-9-6-17-7-9/h3-4,9,14H,5-7H2,1-2H3. The van der Waals surface area contributed by atoms with Crippen molar-refractivity contribution in [1.82, 2.24) is 5.32 Å². The molecule has 0 atom stereocenters. The minimum atomic E-state index is 0.446. The number of halogens is 1. The molecule has 17 heavy (non-hydrogen) atoms. The third kappa shape index (κ3) is 2.83. The number of hydrogen-bond donors (Lipinski definition) is 1. The minimum absolute atomic E-state index is 0.446. The predicted octanol–water partition coefficient (Wildman–Crippen LogP) is 1.85. The molecule has 4 nitrogen and oxygen atoms in total. The summed E-state index contributed by atoms with van der Waals surface area (Å²) in [5.74, 6) is 1.23. The van der Waals surface area contributed by atoms with E-state index in [9.17, 15) is 0 Å². The molecule has 1 aromatic carbocycles. The van der Waals surface area contributed by atoms with E-state index in [1.165, 1.54) is 0 Å². The third-order valence-corrected chi connectivity index (χ3v) is 3.01. The first-order valence-corrected chi connectivity index (χ1v) is 5.84. The monoisotopic (exact) mass is 257 g/mol. The Balaban J connectivity index is 2.08. The van der Waals surface area contributed by atoms with Crippen molar-refractivity contribution in [2.75, 3.05) is 27.4 Å². The van der Waals surface area contributed by atoms with Gasteiger partial charge in [0.2, 0.25) is 0 Å². The van der Waals surface area contributed by atoms with Crippen LogP contribution in [0, 0.1) is 0 Å². The zero-order chi connectivity index (χ0) is 12.3. The molecule has 0 radical (unpaired) electrons. The van der Waals surface area contributed by atoms with Crippen molar-refractivity contribution >= 4 is 11.6 Å². The van der Waals surface area contributed by atoms with Crippen LogP contribution >= 0.6 is 11.6 Å². The van der Waals surface area contributed by atoms with Gasteiger partial charge in [-0.2, -0.15) is 0 Å². The van der Waals surface area contributed by atoms with E-state index in [0.717, 1.165) is 25.3 Å². The summed E-state index contributed by atoms with van der Waals surface area (Å²) < 4.78 is 15.5. The van der Waals surface area contributed by atoms with Crippen molar-refractivity contribution in [3.05, 3.63) is 22.7 Å². The highest BCUT2D eigenvalue weighted by atomic mass is 35.5. The van der Waals surface area contributed by atoms with Gasteiger partial charge in [0.1, 0.15) is 0 Å². The summed E-state index contributed by atoms with van der Waals surface area (Å²) in [7, 11) is 3.18. The largest absolute Gasteiger partial charge is 0.493 e. The Morgan fingerprint density at radius 1 is 1.35 bits per heavy atom. The average molecular weight is 258 g/mol. The van der Waals surface area contributed by atoms with E-state index in [4.69, 9.17) is 25.8 Å². The summed E-state index contributed by atoms with van der Waals surface area (Å²) in [6.07, 6.45) is 0. The van der Waals surface area contributed by atoms with Crippen molar-refractivity contribution < 1.29 is 14.2 Å². The zero-order valence-electron chi connectivity index (χ0n) is 9.96. The quantitative estimate of drug-likeness (QED) is 0.874. The van der Waals surface area contributed by atoms with E-state index < -0.39 is 0 Å². The molecule has 1 aliphatic rings. The molecule has 1 N–H and O–H groups in total. The lowest BCUT2D eigenvalue weighted by atomic mass is 10.1. The van der Waals surface area contributed by atoms with Crippen LogP contribution in [-0.4, -0.2) is 33.5 Å². The predicted molar refractivity (Wildman–Crippen MR) is 66.0 cm³/mol. The highest BCUT2D eigenvalue weighted by Gasteiger charge is 2.18. The van der Waals surface area contributed by atoms with Crippen molar-refractivity contribution in [3.8, 4) is 11.5 Å². The van der Waals surface area contributed by atoms with Crippen LogP contribution in [0.1, 0.15) is 5.56 Å². The summed E-state index contributed by atoms with van der Waals surface area (Å²) in [4.78, 5) is 0. The maximum absolute atomic E-state index is 6.12. The van der Waals surface area contributed by atoms with Gasteiger partial charge >= 0.3 is 0 Å². The number of nitrogens with one attached hydrogen (secondary N) is 1. The van der Waals surface area contributed by atoms with Crippen LogP contribution in [0.5, 0.6) is 11.5 Å². The normalized spacial score (nSPS) is 15.5. The lowest BCUT2D eigenvalue weighted by molar-refractivity contribution is -0.00578. The minimum Gasteiger partial charge on any atom is -0.493 e. The van der Waals surface area contributed by atoms with Gasteiger partial charge < -0.3 is 19.5 Å². The molecule has 0 aromatic heterocycles. The molecule has 0 aliphatic carbocycles. The first-order valence-electron chi connectivity index (χ1n) is 5.46. The molecule has 0 bridgehead atoms. The van der Waals surface area contributed by atoms with Crippen LogP contribution in [0.2, 0.25) is 5.02 Å². The molecular weight excluding hydrogens is 242 g/mol. The van der Waals surface area contributed by atoms with Gasteiger partial charge in [0, 0.05) is 6.54 Å². The Bertz CT molecular complexity index is 394. The summed E-state index contributed by atoms with van der Waals surface area (Å²) in [5.41, 5.74) is 1.07. The van der Waals surface area contributed by atoms with E-state index in [1.807, 2.05) is 12.1 Å². The maximum Gasteiger partial charge on any atom is 0.179 e. The summed E-state index contributed by atoms with van der Waals surface area (Å²) in [6.45, 7) is 2.30. The first kappa shape index (κ1) is 12.5. The number of benzene rings is 1. The molecule has 0 unspecified atom stereocenters. The van der Waals surface area contributed by atoms with Crippen LogP contribution in [0.25, 0.3) is 0 Å². The van der Waals surface area contributed by atoms with E-state index in [1.54, 1.807) is 14.2 Å². The Labute approximate surface area is 106 Å². The number of hydrogen-bond acceptors (Lipinski definition) is 4. The highest BCUT2D eigenvalue weighted by molar-refractivity contribution is 6.32. The van der Waals surface area contributed by atoms with Crippen molar-refractivity contribution in [2.24, 2.45) is 0 Å². The van der Waals surface area contributed by atoms with E-state index in [2.05, 4.69) is 5.32 Å². The van der Waals surface area contributed by atoms with Gasteiger partial charge in [0.15, 0.2) is 11.5 Å². The summed E-state index contributed by atoms with van der Waals surface area (Å²) in [6, 6.07) is 4.26. The van der Waals surface area contributed by atoms with Gasteiger partial charge in [-0.25, -0.2) is 0 Å². The average Bonchev–Trinajstić information content (AvgIpc) is 2.26. The van der Waals surface area contributed by atoms with Gasteiger partial charge in [-0.1, -0.05) is 11.6 Å². The van der Waals surface area contributed by atoms with Crippen LogP contribution in [0.4, 0.5) is 0 Å². The second-order valence-electron chi connectivity index (χ2n) is 3.93. The molecule has 0 amide bonds. The van der Waals surface area contributed by atoms with Crippen molar-refractivity contribution in [2.45, 2.75) is 12.6 Å². The van der Waals surface area contributed by atoms with Crippen molar-refractivity contribution in [3.63, 3.8) is 0 Å². The maximum atomic E-state index is 6.12. The van der Waals surface area contributed by atoms with Crippen LogP contribution in [0.15, 0.2) is 12.1 Å². The fraction of sp³-hybridized carbons (Fsp3) is 0.500. The molecule has 1 aromatic rings. The molecule has 5 heteroatoms. The highest BCUT2D eigenvalue weighted by Crippen LogP contribution is 2.35. The topological polar surface area (TPSA) is 39.7 Å². The number of rotatable bonds is 5. The molecule has 2 rings (SSSR count). The van der Waals surface area contributed by atoms with Gasteiger partial charge in [-0.15, -0.1) is 0 Å². The molecule has 0 spiro atoms. The first-order chi connectivity index (χ1) is 8.24. The van der Waals surface area contributed by atoms with E-state index >= 15 is 0 Å². The van der Waals surface area contributed by atoms with Gasteiger partial charge in [0.05, 0.1) is 38.5 Å². The Morgan fingerprint density at radius 2 is 2.12 bits per heavy atom. The lowest BCUT2D eigenvalue weighted by Gasteiger charge is -2.27. The summed E-state index contributed by atoms with van der Waals surface area (Å²) in [5, 5.41) is 3.93. The molecule has 0 saturated carbocycles.